The van der Waals surface area contributed by atoms with Gasteiger partial charge >= 0.3 is 5.97 Å². The molecular formula is C14H17N3O2S2. The molecule has 1 aromatic heterocycles. The third-order valence-corrected chi connectivity index (χ3v) is 4.61. The molecular weight excluding hydrogens is 306 g/mol. The second-order valence-corrected chi connectivity index (χ2v) is 6.31. The standard InChI is InChI=1S/C14H17N3O2S2/c1-17(2)14(20)21-16-12(13(18)19)7-9-8-15-11-6-4-3-5-10(9)11/h3-6,8,12,15-16H,7H2,1-2H3,(H,18,19)/t12-/m1/s1. The lowest BCUT2D eigenvalue weighted by molar-refractivity contribution is -0.138. The number of fused-ring (bicyclic) bond motifs is 1. The summed E-state index contributed by atoms with van der Waals surface area (Å²) in [6.07, 6.45) is 2.25. The molecule has 5 nitrogen and oxygen atoms in total. The van der Waals surface area contributed by atoms with Crippen molar-refractivity contribution in [1.29, 1.82) is 0 Å². The summed E-state index contributed by atoms with van der Waals surface area (Å²) < 4.78 is 3.52. The smallest absolute Gasteiger partial charge is 0.321 e. The van der Waals surface area contributed by atoms with E-state index in [1.807, 2.05) is 44.6 Å². The number of carboxylic acids is 1. The van der Waals surface area contributed by atoms with Crippen LogP contribution in [0.2, 0.25) is 0 Å². The minimum Gasteiger partial charge on any atom is -0.480 e. The number of thiocarbonyl (C=S) groups is 1. The third kappa shape index (κ3) is 3.96. The van der Waals surface area contributed by atoms with Gasteiger partial charge in [-0.3, -0.25) is 4.79 Å². The van der Waals surface area contributed by atoms with Crippen LogP contribution in [0.3, 0.4) is 0 Å². The molecule has 112 valence electrons. The Kier molecular flexibility index (Phi) is 5.22. The van der Waals surface area contributed by atoms with Gasteiger partial charge < -0.3 is 15.0 Å². The summed E-state index contributed by atoms with van der Waals surface area (Å²) in [5, 5.41) is 10.4. The molecule has 3 N–H and O–H groups in total. The molecule has 0 amide bonds. The number of nitrogens with one attached hydrogen (secondary N) is 2. The first-order chi connectivity index (χ1) is 9.99. The molecule has 0 bridgehead atoms. The van der Waals surface area contributed by atoms with E-state index in [1.54, 1.807) is 4.90 Å². The van der Waals surface area contributed by atoms with E-state index in [4.69, 9.17) is 12.2 Å². The maximum Gasteiger partial charge on any atom is 0.321 e. The molecule has 0 spiro atoms. The number of carbonyl (C=O) groups is 1. The predicted octanol–water partition coefficient (Wildman–Crippen LogP) is 2.25. The van der Waals surface area contributed by atoms with Crippen LogP contribution < -0.4 is 4.72 Å². The number of hydrogen-bond donors (Lipinski definition) is 3. The first-order valence-corrected chi connectivity index (χ1v) is 7.63. The Morgan fingerprint density at radius 1 is 1.48 bits per heavy atom. The van der Waals surface area contributed by atoms with Gasteiger partial charge in [-0.15, -0.1) is 0 Å². The Morgan fingerprint density at radius 3 is 2.86 bits per heavy atom. The first kappa shape index (κ1) is 15.8. The molecule has 7 heteroatoms. The van der Waals surface area contributed by atoms with Crippen molar-refractivity contribution < 1.29 is 9.90 Å². The Balaban J connectivity index is 2.09. The van der Waals surface area contributed by atoms with Gasteiger partial charge in [0.15, 0.2) is 4.32 Å². The summed E-state index contributed by atoms with van der Waals surface area (Å²) in [5.74, 6) is -0.894. The van der Waals surface area contributed by atoms with Gasteiger partial charge in [0.05, 0.1) is 0 Å². The summed E-state index contributed by atoms with van der Waals surface area (Å²) in [6, 6.07) is 7.14. The van der Waals surface area contributed by atoms with E-state index in [9.17, 15) is 9.90 Å². The second kappa shape index (κ2) is 6.93. The van der Waals surface area contributed by atoms with Crippen molar-refractivity contribution in [3.8, 4) is 0 Å². The monoisotopic (exact) mass is 323 g/mol. The van der Waals surface area contributed by atoms with Crippen molar-refractivity contribution in [1.82, 2.24) is 14.6 Å². The number of H-pyrrole nitrogens is 1. The average Bonchev–Trinajstić information content (AvgIpc) is 2.85. The molecule has 2 rings (SSSR count). The number of rotatable bonds is 5. The molecule has 0 fully saturated rings. The Labute approximate surface area is 132 Å². The van der Waals surface area contributed by atoms with E-state index < -0.39 is 12.0 Å². The van der Waals surface area contributed by atoms with E-state index in [2.05, 4.69) is 9.71 Å². The van der Waals surface area contributed by atoms with Gasteiger partial charge in [0.2, 0.25) is 0 Å². The summed E-state index contributed by atoms with van der Waals surface area (Å²) in [5.41, 5.74) is 1.98. The van der Waals surface area contributed by atoms with E-state index >= 15 is 0 Å². The van der Waals surface area contributed by atoms with Gasteiger partial charge in [-0.2, -0.15) is 0 Å². The number of para-hydroxylation sites is 1. The van der Waals surface area contributed by atoms with Crippen LogP contribution in [-0.4, -0.2) is 45.4 Å². The molecule has 1 aromatic carbocycles. The summed E-state index contributed by atoms with van der Waals surface area (Å²) in [7, 11) is 3.65. The van der Waals surface area contributed by atoms with E-state index in [1.165, 1.54) is 0 Å². The second-order valence-electron chi connectivity index (χ2n) is 4.83. The van der Waals surface area contributed by atoms with Gasteiger partial charge in [0.1, 0.15) is 6.04 Å². The lowest BCUT2D eigenvalue weighted by Gasteiger charge is -2.17. The molecule has 0 aliphatic heterocycles. The quantitative estimate of drug-likeness (QED) is 0.579. The van der Waals surface area contributed by atoms with Crippen LogP contribution in [0.5, 0.6) is 0 Å². The molecule has 0 aliphatic carbocycles. The van der Waals surface area contributed by atoms with Crippen molar-refractivity contribution in [2.45, 2.75) is 12.5 Å². The molecule has 1 heterocycles. The SMILES string of the molecule is CN(C)C(=S)SN[C@H](Cc1c[nH]c2ccccc12)C(=O)O. The lowest BCUT2D eigenvalue weighted by Crippen LogP contribution is -2.36. The number of aromatic nitrogens is 1. The zero-order chi connectivity index (χ0) is 15.4. The molecule has 21 heavy (non-hydrogen) atoms. The molecule has 2 aromatic rings. The topological polar surface area (TPSA) is 68.4 Å². The lowest BCUT2D eigenvalue weighted by atomic mass is 10.1. The highest BCUT2D eigenvalue weighted by molar-refractivity contribution is 8.21. The van der Waals surface area contributed by atoms with Crippen molar-refractivity contribution >= 4 is 45.4 Å². The van der Waals surface area contributed by atoms with E-state index in [-0.39, 0.29) is 0 Å². The minimum atomic E-state index is -0.894. The van der Waals surface area contributed by atoms with Gasteiger partial charge in [0.25, 0.3) is 0 Å². The fraction of sp³-hybridized carbons (Fsp3) is 0.286. The molecule has 0 unspecified atom stereocenters. The number of aliphatic carboxylic acids is 1. The van der Waals surface area contributed by atoms with Gasteiger partial charge in [-0.25, -0.2) is 4.72 Å². The van der Waals surface area contributed by atoms with Crippen molar-refractivity contribution in [3.63, 3.8) is 0 Å². The van der Waals surface area contributed by atoms with Crippen molar-refractivity contribution in [3.05, 3.63) is 36.0 Å². The van der Waals surface area contributed by atoms with Gasteiger partial charge in [-0.05, 0) is 23.6 Å². The number of nitrogens with zero attached hydrogens (tertiary/aromatic N) is 1. The third-order valence-electron chi connectivity index (χ3n) is 3.05. The summed E-state index contributed by atoms with van der Waals surface area (Å²) >= 11 is 6.30. The predicted molar refractivity (Wildman–Crippen MR) is 90.4 cm³/mol. The van der Waals surface area contributed by atoms with Crippen LogP contribution >= 0.6 is 24.2 Å². The normalized spacial score (nSPS) is 12.3. The average molecular weight is 323 g/mol. The van der Waals surface area contributed by atoms with Crippen LogP contribution in [0.4, 0.5) is 0 Å². The van der Waals surface area contributed by atoms with E-state index in [0.29, 0.717) is 10.7 Å². The summed E-state index contributed by atoms with van der Waals surface area (Å²) in [4.78, 5) is 16.3. The number of benzene rings is 1. The Bertz CT molecular complexity index is 654. The van der Waals surface area contributed by atoms with Crippen LogP contribution in [0.1, 0.15) is 5.56 Å². The van der Waals surface area contributed by atoms with Crippen LogP contribution in [0.15, 0.2) is 30.5 Å². The fourth-order valence-electron chi connectivity index (χ4n) is 1.91. The zero-order valence-corrected chi connectivity index (χ0v) is 13.4. The van der Waals surface area contributed by atoms with E-state index in [0.717, 1.165) is 28.4 Å². The Hall–Kier alpha value is -1.57. The number of hydrogen-bond acceptors (Lipinski definition) is 4. The Morgan fingerprint density at radius 2 is 2.19 bits per heavy atom. The number of aromatic amines is 1. The largest absolute Gasteiger partial charge is 0.480 e. The highest BCUT2D eigenvalue weighted by Gasteiger charge is 2.20. The number of carboxylic acid groups (broad SMARTS) is 1. The molecule has 0 aliphatic rings. The maximum absolute atomic E-state index is 11.4. The molecule has 1 atom stereocenters. The van der Waals surface area contributed by atoms with Crippen molar-refractivity contribution in [2.75, 3.05) is 14.1 Å². The van der Waals surface area contributed by atoms with Crippen LogP contribution in [0.25, 0.3) is 10.9 Å². The van der Waals surface area contributed by atoms with Gasteiger partial charge in [-0.1, -0.05) is 30.4 Å². The maximum atomic E-state index is 11.4. The molecule has 0 saturated carbocycles. The van der Waals surface area contributed by atoms with Crippen LogP contribution in [-0.2, 0) is 11.2 Å². The highest BCUT2D eigenvalue weighted by Crippen LogP contribution is 2.19. The fourth-order valence-corrected chi connectivity index (χ4v) is 2.67. The first-order valence-electron chi connectivity index (χ1n) is 6.40. The van der Waals surface area contributed by atoms with Crippen molar-refractivity contribution in [2.24, 2.45) is 0 Å². The summed E-state index contributed by atoms with van der Waals surface area (Å²) in [6.45, 7) is 0. The molecule has 0 radical (unpaired) electrons. The minimum absolute atomic E-state index is 0.391. The van der Waals surface area contributed by atoms with Gasteiger partial charge in [0, 0.05) is 37.6 Å². The zero-order valence-electron chi connectivity index (χ0n) is 11.8. The molecule has 0 saturated heterocycles. The highest BCUT2D eigenvalue weighted by atomic mass is 32.2. The van der Waals surface area contributed by atoms with Crippen LogP contribution in [0, 0.1) is 0 Å².